The van der Waals surface area contributed by atoms with Gasteiger partial charge in [0, 0.05) is 42.4 Å². The summed E-state index contributed by atoms with van der Waals surface area (Å²) in [7, 11) is 1.82. The number of aromatic nitrogens is 2. The van der Waals surface area contributed by atoms with Crippen molar-refractivity contribution in [1.82, 2.24) is 14.1 Å². The van der Waals surface area contributed by atoms with Crippen LogP contribution in [-0.4, -0.2) is 39.0 Å². The third kappa shape index (κ3) is 4.18. The molecule has 1 aliphatic rings. The summed E-state index contributed by atoms with van der Waals surface area (Å²) in [5.41, 5.74) is 1.88. The maximum absolute atomic E-state index is 12.1. The highest BCUT2D eigenvalue weighted by atomic mass is 32.2. The van der Waals surface area contributed by atoms with E-state index in [1.165, 1.54) is 0 Å². The number of aryl methyl sites for hydroxylation is 1. The summed E-state index contributed by atoms with van der Waals surface area (Å²) < 4.78 is 9.26. The molecule has 25 heavy (non-hydrogen) atoms. The number of aliphatic imine (C=N–C) groups is 1. The summed E-state index contributed by atoms with van der Waals surface area (Å²) in [6, 6.07) is 7.87. The number of ether oxygens (including phenoxy) is 1. The molecule has 7 heteroatoms. The molecule has 0 saturated carbocycles. The molecule has 0 atom stereocenters. The van der Waals surface area contributed by atoms with Gasteiger partial charge in [0.2, 0.25) is 5.90 Å². The minimum atomic E-state index is -0.444. The SMILES string of the molecule is CCN(CC)Sc1cccc(C2=N/C(=C\c3cnn(C)c3)C(=O)O2)c1. The normalized spacial score (nSPS) is 15.8. The van der Waals surface area contributed by atoms with Gasteiger partial charge in [0.05, 0.1) is 6.20 Å². The van der Waals surface area contributed by atoms with Crippen molar-refractivity contribution in [1.29, 1.82) is 0 Å². The van der Waals surface area contributed by atoms with E-state index < -0.39 is 5.97 Å². The van der Waals surface area contributed by atoms with E-state index >= 15 is 0 Å². The van der Waals surface area contributed by atoms with Crippen LogP contribution in [0, 0.1) is 0 Å². The van der Waals surface area contributed by atoms with E-state index in [4.69, 9.17) is 4.74 Å². The highest BCUT2D eigenvalue weighted by Gasteiger charge is 2.24. The zero-order valence-electron chi connectivity index (χ0n) is 14.5. The maximum atomic E-state index is 12.1. The van der Waals surface area contributed by atoms with E-state index in [0.29, 0.717) is 5.90 Å². The van der Waals surface area contributed by atoms with Crippen LogP contribution in [0.5, 0.6) is 0 Å². The summed E-state index contributed by atoms with van der Waals surface area (Å²) in [5.74, 6) is -0.109. The molecular weight excluding hydrogens is 336 g/mol. The van der Waals surface area contributed by atoms with Crippen molar-refractivity contribution in [3.05, 3.63) is 53.5 Å². The van der Waals surface area contributed by atoms with Gasteiger partial charge in [-0.1, -0.05) is 19.9 Å². The second kappa shape index (κ2) is 7.67. The van der Waals surface area contributed by atoms with E-state index in [1.54, 1.807) is 28.9 Å². The number of hydrogen-bond acceptors (Lipinski definition) is 6. The fourth-order valence-electron chi connectivity index (χ4n) is 2.39. The smallest absolute Gasteiger partial charge is 0.363 e. The second-order valence-corrected chi connectivity index (χ2v) is 6.69. The number of cyclic esters (lactones) is 1. The molecule has 3 rings (SSSR count). The monoisotopic (exact) mass is 356 g/mol. The first-order valence-electron chi connectivity index (χ1n) is 8.13. The summed E-state index contributed by atoms with van der Waals surface area (Å²) in [6.45, 7) is 6.16. The lowest BCUT2D eigenvalue weighted by Gasteiger charge is -2.16. The topological polar surface area (TPSA) is 59.7 Å². The Hall–Kier alpha value is -2.38. The van der Waals surface area contributed by atoms with Crippen LogP contribution in [0.4, 0.5) is 0 Å². The third-order valence-corrected chi connectivity index (χ3v) is 4.91. The van der Waals surface area contributed by atoms with Crippen molar-refractivity contribution in [2.45, 2.75) is 18.7 Å². The largest absolute Gasteiger partial charge is 0.402 e. The van der Waals surface area contributed by atoms with Gasteiger partial charge in [-0.2, -0.15) is 5.10 Å². The van der Waals surface area contributed by atoms with Crippen molar-refractivity contribution in [2.24, 2.45) is 12.0 Å². The predicted octanol–water partition coefficient (Wildman–Crippen LogP) is 3.11. The zero-order valence-corrected chi connectivity index (χ0v) is 15.3. The Morgan fingerprint density at radius 2 is 2.12 bits per heavy atom. The molecule has 2 heterocycles. The Morgan fingerprint density at radius 1 is 1.32 bits per heavy atom. The van der Waals surface area contributed by atoms with Crippen LogP contribution in [0.25, 0.3) is 6.08 Å². The molecule has 0 amide bonds. The van der Waals surface area contributed by atoms with Gasteiger partial charge < -0.3 is 4.74 Å². The standard InChI is InChI=1S/C18H20N4O2S/c1-4-22(5-2)25-15-8-6-7-14(10-15)17-20-16(18(23)24-17)9-13-11-19-21(3)12-13/h6-12H,4-5H2,1-3H3/b16-9-. The molecule has 0 spiro atoms. The van der Waals surface area contributed by atoms with Crippen LogP contribution < -0.4 is 0 Å². The van der Waals surface area contributed by atoms with E-state index in [1.807, 2.05) is 37.5 Å². The molecule has 0 unspecified atom stereocenters. The van der Waals surface area contributed by atoms with Crippen molar-refractivity contribution in [2.75, 3.05) is 13.1 Å². The molecule has 1 aromatic carbocycles. The number of carbonyl (C=O) groups is 1. The summed E-state index contributed by atoms with van der Waals surface area (Å²) in [6.07, 6.45) is 5.17. The summed E-state index contributed by atoms with van der Waals surface area (Å²) >= 11 is 1.68. The van der Waals surface area contributed by atoms with Crippen LogP contribution in [0.2, 0.25) is 0 Å². The van der Waals surface area contributed by atoms with Crippen molar-refractivity contribution in [3.8, 4) is 0 Å². The van der Waals surface area contributed by atoms with Gasteiger partial charge in [-0.25, -0.2) is 14.1 Å². The molecule has 1 aromatic heterocycles. The number of rotatable bonds is 6. The fourth-order valence-corrected chi connectivity index (χ4v) is 3.27. The molecule has 0 saturated heterocycles. The highest BCUT2D eigenvalue weighted by Crippen LogP contribution is 2.25. The summed E-state index contributed by atoms with van der Waals surface area (Å²) in [5, 5.41) is 4.08. The Morgan fingerprint density at radius 3 is 2.80 bits per heavy atom. The zero-order chi connectivity index (χ0) is 17.8. The lowest BCUT2D eigenvalue weighted by Crippen LogP contribution is -2.13. The Kier molecular flexibility index (Phi) is 5.35. The molecule has 130 valence electrons. The Labute approximate surface area is 151 Å². The third-order valence-electron chi connectivity index (χ3n) is 3.67. The second-order valence-electron chi connectivity index (χ2n) is 5.52. The molecule has 6 nitrogen and oxygen atoms in total. The Balaban J connectivity index is 1.83. The van der Waals surface area contributed by atoms with Crippen LogP contribution in [-0.2, 0) is 16.6 Å². The first-order valence-corrected chi connectivity index (χ1v) is 8.91. The molecular formula is C18H20N4O2S. The van der Waals surface area contributed by atoms with Crippen LogP contribution in [0.1, 0.15) is 25.0 Å². The quantitative estimate of drug-likeness (QED) is 0.452. The van der Waals surface area contributed by atoms with E-state index in [0.717, 1.165) is 29.1 Å². The van der Waals surface area contributed by atoms with E-state index in [2.05, 4.69) is 28.2 Å². The minimum absolute atomic E-state index is 0.282. The van der Waals surface area contributed by atoms with Gasteiger partial charge >= 0.3 is 5.97 Å². The number of hydrogen-bond donors (Lipinski definition) is 0. The van der Waals surface area contributed by atoms with E-state index in [9.17, 15) is 4.79 Å². The Bertz CT molecular complexity index is 837. The molecule has 2 aromatic rings. The molecule has 0 radical (unpaired) electrons. The fraction of sp³-hybridized carbons (Fsp3) is 0.278. The predicted molar refractivity (Wildman–Crippen MR) is 99.0 cm³/mol. The van der Waals surface area contributed by atoms with Gasteiger partial charge in [-0.15, -0.1) is 0 Å². The van der Waals surface area contributed by atoms with Crippen molar-refractivity contribution in [3.63, 3.8) is 0 Å². The van der Waals surface area contributed by atoms with Gasteiger partial charge in [0.15, 0.2) is 5.70 Å². The minimum Gasteiger partial charge on any atom is -0.402 e. The van der Waals surface area contributed by atoms with Crippen molar-refractivity contribution < 1.29 is 9.53 Å². The average molecular weight is 356 g/mol. The number of carbonyl (C=O) groups excluding carboxylic acids is 1. The average Bonchev–Trinajstić information content (AvgIpc) is 3.19. The maximum Gasteiger partial charge on any atom is 0.363 e. The summed E-state index contributed by atoms with van der Waals surface area (Å²) in [4.78, 5) is 17.5. The molecule has 1 aliphatic heterocycles. The molecule has 0 aliphatic carbocycles. The van der Waals surface area contributed by atoms with Crippen LogP contribution >= 0.6 is 11.9 Å². The van der Waals surface area contributed by atoms with Crippen LogP contribution in [0.15, 0.2) is 52.2 Å². The van der Waals surface area contributed by atoms with Gasteiger partial charge in [-0.05, 0) is 36.2 Å². The van der Waals surface area contributed by atoms with Gasteiger partial charge in [0.1, 0.15) is 0 Å². The molecule has 0 fully saturated rings. The first-order chi connectivity index (χ1) is 12.1. The molecule has 0 N–H and O–H groups in total. The van der Waals surface area contributed by atoms with Crippen LogP contribution in [0.3, 0.4) is 0 Å². The molecule has 0 bridgehead atoms. The number of benzene rings is 1. The first kappa shape index (κ1) is 17.4. The van der Waals surface area contributed by atoms with Gasteiger partial charge in [-0.3, -0.25) is 4.68 Å². The van der Waals surface area contributed by atoms with Crippen molar-refractivity contribution >= 4 is 29.9 Å². The van der Waals surface area contributed by atoms with Gasteiger partial charge in [0.25, 0.3) is 0 Å². The number of nitrogens with zero attached hydrogens (tertiary/aromatic N) is 4. The highest BCUT2D eigenvalue weighted by molar-refractivity contribution is 7.97. The lowest BCUT2D eigenvalue weighted by atomic mass is 10.2. The van der Waals surface area contributed by atoms with E-state index in [-0.39, 0.29) is 5.70 Å². The number of esters is 1. The lowest BCUT2D eigenvalue weighted by molar-refractivity contribution is -0.129.